The molecule has 190 valence electrons. The largest absolute Gasteiger partial charge is 0.418 e. The number of carbonyl (C=O) groups excluding carboxylic acids is 1. The van der Waals surface area contributed by atoms with E-state index in [2.05, 4.69) is 15.3 Å². The van der Waals surface area contributed by atoms with E-state index in [1.807, 2.05) is 4.90 Å². The first-order valence-corrected chi connectivity index (χ1v) is 10.9. The molecule has 12 heteroatoms. The summed E-state index contributed by atoms with van der Waals surface area (Å²) < 4.78 is 79.0. The number of aryl methyl sites for hydroxylation is 1. The van der Waals surface area contributed by atoms with E-state index in [-0.39, 0.29) is 30.2 Å². The zero-order chi connectivity index (χ0) is 26.1. The van der Waals surface area contributed by atoms with Crippen molar-refractivity contribution in [3.63, 3.8) is 0 Å². The molecule has 1 aliphatic heterocycles. The highest BCUT2D eigenvalue weighted by Gasteiger charge is 2.34. The second-order valence-electron chi connectivity index (χ2n) is 8.22. The Labute approximate surface area is 202 Å². The fourth-order valence-electron chi connectivity index (χ4n) is 3.85. The van der Waals surface area contributed by atoms with Crippen LogP contribution in [0.2, 0.25) is 0 Å². The van der Waals surface area contributed by atoms with Crippen molar-refractivity contribution in [2.24, 2.45) is 0 Å². The molecule has 2 aromatic carbocycles. The SMILES string of the molecule is Cc1cc(N2CCN(C(=O)Nc3ccccc3C(F)(F)F)CC2)nc(-c2cccc(C(F)(F)F)c2)n1. The first-order chi connectivity index (χ1) is 16.9. The minimum absolute atomic E-state index is 0.139. The average molecular weight is 509 g/mol. The molecule has 2 amide bonds. The van der Waals surface area contributed by atoms with Crippen molar-refractivity contribution in [2.75, 3.05) is 36.4 Å². The average Bonchev–Trinajstić information content (AvgIpc) is 2.83. The third kappa shape index (κ3) is 5.69. The minimum Gasteiger partial charge on any atom is -0.353 e. The van der Waals surface area contributed by atoms with Gasteiger partial charge in [-0.15, -0.1) is 0 Å². The third-order valence-corrected chi connectivity index (χ3v) is 5.65. The Bertz CT molecular complexity index is 1250. The van der Waals surface area contributed by atoms with Gasteiger partial charge in [0, 0.05) is 43.5 Å². The van der Waals surface area contributed by atoms with Crippen LogP contribution in [0.4, 0.5) is 42.6 Å². The predicted octanol–water partition coefficient (Wildman–Crippen LogP) is 5.84. The lowest BCUT2D eigenvalue weighted by atomic mass is 10.1. The molecule has 1 aliphatic rings. The fourth-order valence-corrected chi connectivity index (χ4v) is 3.85. The Morgan fingerprint density at radius 3 is 2.22 bits per heavy atom. The number of hydrogen-bond donors (Lipinski definition) is 1. The van der Waals surface area contributed by atoms with Gasteiger partial charge in [0.15, 0.2) is 5.82 Å². The summed E-state index contributed by atoms with van der Waals surface area (Å²) in [5.74, 6) is 0.623. The van der Waals surface area contributed by atoms with E-state index in [4.69, 9.17) is 0 Å². The van der Waals surface area contributed by atoms with E-state index in [9.17, 15) is 31.1 Å². The lowest BCUT2D eigenvalue weighted by Crippen LogP contribution is -2.50. The molecule has 2 heterocycles. The summed E-state index contributed by atoms with van der Waals surface area (Å²) in [5.41, 5.74) is -1.30. The van der Waals surface area contributed by atoms with Gasteiger partial charge in [0.05, 0.1) is 16.8 Å². The summed E-state index contributed by atoms with van der Waals surface area (Å²) in [4.78, 5) is 24.5. The van der Waals surface area contributed by atoms with E-state index in [0.29, 0.717) is 24.6 Å². The van der Waals surface area contributed by atoms with Crippen LogP contribution in [0.3, 0.4) is 0 Å². The van der Waals surface area contributed by atoms with Crippen molar-refractivity contribution in [1.29, 1.82) is 0 Å². The number of nitrogens with one attached hydrogen (secondary N) is 1. The number of para-hydroxylation sites is 1. The lowest BCUT2D eigenvalue weighted by molar-refractivity contribution is -0.138. The van der Waals surface area contributed by atoms with Crippen LogP contribution < -0.4 is 10.2 Å². The highest BCUT2D eigenvalue weighted by Crippen LogP contribution is 2.35. The molecule has 36 heavy (non-hydrogen) atoms. The topological polar surface area (TPSA) is 61.4 Å². The van der Waals surface area contributed by atoms with Crippen LogP contribution >= 0.6 is 0 Å². The molecular weight excluding hydrogens is 488 g/mol. The van der Waals surface area contributed by atoms with Crippen LogP contribution in [0.5, 0.6) is 0 Å². The summed E-state index contributed by atoms with van der Waals surface area (Å²) in [7, 11) is 0. The number of hydrogen-bond acceptors (Lipinski definition) is 4. The maximum atomic E-state index is 13.2. The molecule has 0 aliphatic carbocycles. The number of aromatic nitrogens is 2. The van der Waals surface area contributed by atoms with Crippen LogP contribution in [-0.2, 0) is 12.4 Å². The highest BCUT2D eigenvalue weighted by molar-refractivity contribution is 5.90. The number of urea groups is 1. The molecule has 0 atom stereocenters. The smallest absolute Gasteiger partial charge is 0.353 e. The van der Waals surface area contributed by atoms with Gasteiger partial charge in [-0.1, -0.05) is 24.3 Å². The number of benzene rings is 2. The van der Waals surface area contributed by atoms with Crippen molar-refractivity contribution in [2.45, 2.75) is 19.3 Å². The highest BCUT2D eigenvalue weighted by atomic mass is 19.4. The van der Waals surface area contributed by atoms with E-state index >= 15 is 0 Å². The zero-order valence-corrected chi connectivity index (χ0v) is 19.0. The molecule has 4 rings (SSSR count). The number of anilines is 2. The zero-order valence-electron chi connectivity index (χ0n) is 19.0. The van der Waals surface area contributed by atoms with Crippen LogP contribution in [0.25, 0.3) is 11.4 Å². The van der Waals surface area contributed by atoms with E-state index in [0.717, 1.165) is 18.2 Å². The van der Waals surface area contributed by atoms with Gasteiger partial charge in [-0.2, -0.15) is 26.3 Å². The number of alkyl halides is 6. The van der Waals surface area contributed by atoms with Crippen molar-refractivity contribution in [3.05, 3.63) is 71.4 Å². The number of amides is 2. The molecule has 6 nitrogen and oxygen atoms in total. The standard InChI is InChI=1S/C24H21F6N5O/c1-15-13-20(33-21(31-15)16-5-4-6-17(14-16)23(25,26)27)34-9-11-35(12-10-34)22(36)32-19-8-3-2-7-18(19)24(28,29)30/h2-8,13-14H,9-12H2,1H3,(H,32,36). The first kappa shape index (κ1) is 25.3. The van der Waals surface area contributed by atoms with Gasteiger partial charge in [0.25, 0.3) is 0 Å². The fraction of sp³-hybridized carbons (Fsp3) is 0.292. The van der Waals surface area contributed by atoms with Gasteiger partial charge in [-0.3, -0.25) is 0 Å². The van der Waals surface area contributed by atoms with E-state index in [1.54, 1.807) is 13.0 Å². The van der Waals surface area contributed by atoms with Gasteiger partial charge >= 0.3 is 18.4 Å². The number of rotatable bonds is 3. The maximum absolute atomic E-state index is 13.2. The normalized spacial score (nSPS) is 14.6. The molecule has 1 N–H and O–H groups in total. The molecule has 1 saturated heterocycles. The molecule has 0 spiro atoms. The monoisotopic (exact) mass is 509 g/mol. The maximum Gasteiger partial charge on any atom is 0.418 e. The second kappa shape index (κ2) is 9.67. The number of nitrogens with zero attached hydrogens (tertiary/aromatic N) is 4. The molecular formula is C24H21F6N5O. The van der Waals surface area contributed by atoms with Gasteiger partial charge in [-0.05, 0) is 31.2 Å². The Morgan fingerprint density at radius 2 is 1.56 bits per heavy atom. The Hall–Kier alpha value is -3.83. The molecule has 0 unspecified atom stereocenters. The Morgan fingerprint density at radius 1 is 0.861 bits per heavy atom. The van der Waals surface area contributed by atoms with Crippen molar-refractivity contribution in [1.82, 2.24) is 14.9 Å². The summed E-state index contributed by atoms with van der Waals surface area (Å²) in [5, 5.41) is 2.33. The molecule has 1 fully saturated rings. The summed E-state index contributed by atoms with van der Waals surface area (Å²) >= 11 is 0. The number of carbonyl (C=O) groups is 1. The van der Waals surface area contributed by atoms with Crippen LogP contribution in [0, 0.1) is 6.92 Å². The third-order valence-electron chi connectivity index (χ3n) is 5.65. The molecule has 0 saturated carbocycles. The first-order valence-electron chi connectivity index (χ1n) is 10.9. The van der Waals surface area contributed by atoms with E-state index in [1.165, 1.54) is 35.2 Å². The van der Waals surface area contributed by atoms with Crippen molar-refractivity contribution >= 4 is 17.5 Å². The van der Waals surface area contributed by atoms with Gasteiger partial charge < -0.3 is 15.1 Å². The molecule has 0 bridgehead atoms. The molecule has 0 radical (unpaired) electrons. The Balaban J connectivity index is 1.46. The van der Waals surface area contributed by atoms with Crippen LogP contribution in [0.1, 0.15) is 16.8 Å². The van der Waals surface area contributed by atoms with Gasteiger partial charge in [-0.25, -0.2) is 14.8 Å². The predicted molar refractivity (Wildman–Crippen MR) is 121 cm³/mol. The summed E-state index contributed by atoms with van der Waals surface area (Å²) in [6.07, 6.45) is -9.11. The van der Waals surface area contributed by atoms with Gasteiger partial charge in [0.1, 0.15) is 5.82 Å². The Kier molecular flexibility index (Phi) is 6.79. The lowest BCUT2D eigenvalue weighted by Gasteiger charge is -2.35. The summed E-state index contributed by atoms with van der Waals surface area (Å²) in [6, 6.07) is 10.5. The van der Waals surface area contributed by atoms with E-state index < -0.39 is 29.5 Å². The quantitative estimate of drug-likeness (QED) is 0.451. The molecule has 1 aromatic heterocycles. The van der Waals surface area contributed by atoms with Crippen LogP contribution in [0.15, 0.2) is 54.6 Å². The molecule has 3 aromatic rings. The summed E-state index contributed by atoms with van der Waals surface area (Å²) in [6.45, 7) is 2.77. The van der Waals surface area contributed by atoms with Crippen molar-refractivity contribution < 1.29 is 31.1 Å². The van der Waals surface area contributed by atoms with Gasteiger partial charge in [0.2, 0.25) is 0 Å². The second-order valence-corrected chi connectivity index (χ2v) is 8.22. The number of halogens is 6. The minimum atomic E-state index is -4.61. The van der Waals surface area contributed by atoms with Crippen molar-refractivity contribution in [3.8, 4) is 11.4 Å². The van der Waals surface area contributed by atoms with Crippen LogP contribution in [-0.4, -0.2) is 47.1 Å². The number of piperazine rings is 1.